The Bertz CT molecular complexity index is 1130. The van der Waals surface area contributed by atoms with E-state index in [-0.39, 0.29) is 11.7 Å². The second-order valence-corrected chi connectivity index (χ2v) is 5.98. The Balaban J connectivity index is 1.53. The lowest BCUT2D eigenvalue weighted by Gasteiger charge is -2.07. The van der Waals surface area contributed by atoms with E-state index in [1.165, 1.54) is 6.92 Å². The van der Waals surface area contributed by atoms with Crippen LogP contribution in [-0.2, 0) is 0 Å². The van der Waals surface area contributed by atoms with Crippen molar-refractivity contribution in [3.8, 4) is 5.69 Å². The van der Waals surface area contributed by atoms with Crippen LogP contribution in [0.25, 0.3) is 16.9 Å². The molecule has 27 heavy (non-hydrogen) atoms. The number of amides is 1. The Morgan fingerprint density at radius 2 is 1.63 bits per heavy atom. The summed E-state index contributed by atoms with van der Waals surface area (Å²) in [6, 6.07) is 17.4. The Morgan fingerprint density at radius 1 is 0.926 bits per heavy atom. The van der Waals surface area contributed by atoms with Crippen molar-refractivity contribution in [1.29, 1.82) is 0 Å². The van der Waals surface area contributed by atoms with Crippen molar-refractivity contribution in [2.75, 3.05) is 5.32 Å². The molecular weight excluding hydrogens is 342 g/mol. The molecule has 0 atom stereocenters. The molecule has 0 saturated heterocycles. The maximum absolute atomic E-state index is 12.4. The number of carbonyl (C=O) groups is 2. The summed E-state index contributed by atoms with van der Waals surface area (Å²) in [7, 11) is 0. The summed E-state index contributed by atoms with van der Waals surface area (Å²) in [6.45, 7) is 1.50. The highest BCUT2D eigenvalue weighted by atomic mass is 16.1. The van der Waals surface area contributed by atoms with Crippen LogP contribution in [0.1, 0.15) is 27.6 Å². The number of fused-ring (bicyclic) bond motifs is 1. The molecule has 0 aliphatic carbocycles. The van der Waals surface area contributed by atoms with E-state index >= 15 is 0 Å². The topological polar surface area (TPSA) is 89.8 Å². The van der Waals surface area contributed by atoms with Gasteiger partial charge in [0.25, 0.3) is 5.91 Å². The summed E-state index contributed by atoms with van der Waals surface area (Å²) in [5.74, 6) is -0.253. The molecule has 0 bridgehead atoms. The lowest BCUT2D eigenvalue weighted by atomic mass is 10.1. The third kappa shape index (κ3) is 3.30. The molecule has 1 amide bonds. The Morgan fingerprint density at radius 3 is 2.33 bits per heavy atom. The number of hydrogen-bond donors (Lipinski definition) is 1. The molecule has 0 spiro atoms. The lowest BCUT2D eigenvalue weighted by molar-refractivity contribution is 0.101. The van der Waals surface area contributed by atoms with Crippen LogP contribution in [-0.4, -0.2) is 31.7 Å². The number of aromatic nitrogens is 4. The first kappa shape index (κ1) is 16.6. The number of pyridine rings is 1. The van der Waals surface area contributed by atoms with Gasteiger partial charge in [0.15, 0.2) is 11.4 Å². The molecular formula is C20H15N5O2. The molecule has 0 radical (unpaired) electrons. The average Bonchev–Trinajstić information content (AvgIpc) is 3.12. The first-order valence-corrected chi connectivity index (χ1v) is 8.31. The van der Waals surface area contributed by atoms with Gasteiger partial charge in [-0.3, -0.25) is 9.59 Å². The van der Waals surface area contributed by atoms with E-state index in [4.69, 9.17) is 0 Å². The Hall–Kier alpha value is -3.87. The monoisotopic (exact) mass is 357 g/mol. The van der Waals surface area contributed by atoms with Crippen molar-refractivity contribution in [3.63, 3.8) is 0 Å². The zero-order chi connectivity index (χ0) is 18.8. The van der Waals surface area contributed by atoms with Crippen LogP contribution in [0.15, 0.2) is 66.9 Å². The van der Waals surface area contributed by atoms with E-state index in [9.17, 15) is 9.59 Å². The van der Waals surface area contributed by atoms with Crippen LogP contribution in [0.4, 0.5) is 5.69 Å². The molecule has 1 N–H and O–H groups in total. The van der Waals surface area contributed by atoms with Gasteiger partial charge in [-0.05, 0) is 67.6 Å². The summed E-state index contributed by atoms with van der Waals surface area (Å²) < 4.78 is 1.62. The standard InChI is InChI=1S/C20H15N5O2/c1-13(26)14-4-8-16(9-5-14)22-20(27)15-6-10-17(11-7-15)25-19-18(23-24-25)3-2-12-21-19/h2-12H,1H3,(H,22,27). The summed E-state index contributed by atoms with van der Waals surface area (Å²) >= 11 is 0. The molecule has 2 heterocycles. The number of ketones is 1. The van der Waals surface area contributed by atoms with E-state index in [0.29, 0.717) is 28.0 Å². The van der Waals surface area contributed by atoms with Gasteiger partial charge in [-0.2, -0.15) is 4.68 Å². The van der Waals surface area contributed by atoms with E-state index in [1.807, 2.05) is 6.07 Å². The third-order valence-corrected chi connectivity index (χ3v) is 4.13. The number of rotatable bonds is 4. The summed E-state index contributed by atoms with van der Waals surface area (Å²) in [6.07, 6.45) is 1.68. The molecule has 0 aliphatic rings. The van der Waals surface area contributed by atoms with Gasteiger partial charge in [-0.1, -0.05) is 5.21 Å². The molecule has 132 valence electrons. The molecule has 7 nitrogen and oxygen atoms in total. The molecule has 2 aromatic heterocycles. The normalized spacial score (nSPS) is 10.7. The van der Waals surface area contributed by atoms with Crippen molar-refractivity contribution < 1.29 is 9.59 Å². The number of anilines is 1. The van der Waals surface area contributed by atoms with Crippen LogP contribution >= 0.6 is 0 Å². The number of nitrogens with one attached hydrogen (secondary N) is 1. The second kappa shape index (κ2) is 6.80. The predicted molar refractivity (Wildman–Crippen MR) is 101 cm³/mol. The van der Waals surface area contributed by atoms with E-state index in [1.54, 1.807) is 65.5 Å². The number of hydrogen-bond acceptors (Lipinski definition) is 5. The van der Waals surface area contributed by atoms with Crippen molar-refractivity contribution in [2.24, 2.45) is 0 Å². The van der Waals surface area contributed by atoms with Gasteiger partial charge in [-0.15, -0.1) is 5.10 Å². The molecule has 4 rings (SSSR count). The van der Waals surface area contributed by atoms with Crippen molar-refractivity contribution in [2.45, 2.75) is 6.92 Å². The van der Waals surface area contributed by atoms with Crippen LogP contribution in [0.5, 0.6) is 0 Å². The molecule has 2 aromatic carbocycles. The van der Waals surface area contributed by atoms with E-state index in [2.05, 4.69) is 20.6 Å². The Labute approximate surface area is 154 Å². The zero-order valence-corrected chi connectivity index (χ0v) is 14.5. The fraction of sp³-hybridized carbons (Fsp3) is 0.0500. The first-order valence-electron chi connectivity index (χ1n) is 8.31. The van der Waals surface area contributed by atoms with E-state index in [0.717, 1.165) is 5.69 Å². The van der Waals surface area contributed by atoms with Gasteiger partial charge in [0.1, 0.15) is 5.52 Å². The van der Waals surface area contributed by atoms with Crippen LogP contribution in [0.3, 0.4) is 0 Å². The molecule has 0 unspecified atom stereocenters. The second-order valence-electron chi connectivity index (χ2n) is 5.98. The minimum absolute atomic E-state index is 0.0152. The minimum atomic E-state index is -0.237. The van der Waals surface area contributed by atoms with Crippen LogP contribution in [0.2, 0.25) is 0 Å². The zero-order valence-electron chi connectivity index (χ0n) is 14.5. The van der Waals surface area contributed by atoms with Gasteiger partial charge in [0.05, 0.1) is 5.69 Å². The fourth-order valence-corrected chi connectivity index (χ4v) is 2.68. The summed E-state index contributed by atoms with van der Waals surface area (Å²) in [5.41, 5.74) is 3.85. The minimum Gasteiger partial charge on any atom is -0.322 e. The maximum Gasteiger partial charge on any atom is 0.255 e. The molecule has 0 aliphatic heterocycles. The SMILES string of the molecule is CC(=O)c1ccc(NC(=O)c2ccc(-n3nnc4cccnc43)cc2)cc1. The maximum atomic E-state index is 12.4. The first-order chi connectivity index (χ1) is 13.1. The summed E-state index contributed by atoms with van der Waals surface area (Å²) in [5, 5.41) is 11.0. The van der Waals surface area contributed by atoms with Crippen molar-refractivity contribution in [3.05, 3.63) is 78.0 Å². The van der Waals surface area contributed by atoms with Crippen molar-refractivity contribution in [1.82, 2.24) is 20.0 Å². The third-order valence-electron chi connectivity index (χ3n) is 4.13. The van der Waals surface area contributed by atoms with Gasteiger partial charge >= 0.3 is 0 Å². The number of benzene rings is 2. The highest BCUT2D eigenvalue weighted by molar-refractivity contribution is 6.04. The molecule has 4 aromatic rings. The fourth-order valence-electron chi connectivity index (χ4n) is 2.68. The highest BCUT2D eigenvalue weighted by Crippen LogP contribution is 2.16. The smallest absolute Gasteiger partial charge is 0.255 e. The van der Waals surface area contributed by atoms with Gasteiger partial charge in [-0.25, -0.2) is 4.98 Å². The molecule has 0 fully saturated rings. The lowest BCUT2D eigenvalue weighted by Crippen LogP contribution is -2.12. The van der Waals surface area contributed by atoms with Crippen LogP contribution in [0, 0.1) is 0 Å². The Kier molecular flexibility index (Phi) is 4.18. The average molecular weight is 357 g/mol. The number of carbonyl (C=O) groups excluding carboxylic acids is 2. The summed E-state index contributed by atoms with van der Waals surface area (Å²) in [4.78, 5) is 28.0. The molecule has 0 saturated carbocycles. The quantitative estimate of drug-likeness (QED) is 0.566. The number of Topliss-reactive ketones (excluding diaryl/α,β-unsaturated/α-hetero) is 1. The van der Waals surface area contributed by atoms with Crippen molar-refractivity contribution >= 4 is 28.5 Å². The molecule has 7 heteroatoms. The highest BCUT2D eigenvalue weighted by Gasteiger charge is 2.10. The van der Waals surface area contributed by atoms with Gasteiger partial charge in [0.2, 0.25) is 0 Å². The van der Waals surface area contributed by atoms with Gasteiger partial charge in [0, 0.05) is 23.0 Å². The van der Waals surface area contributed by atoms with E-state index < -0.39 is 0 Å². The predicted octanol–water partition coefficient (Wildman–Crippen LogP) is 3.27. The van der Waals surface area contributed by atoms with Gasteiger partial charge < -0.3 is 5.32 Å². The largest absolute Gasteiger partial charge is 0.322 e. The number of nitrogens with zero attached hydrogens (tertiary/aromatic N) is 4. The van der Waals surface area contributed by atoms with Crippen LogP contribution < -0.4 is 5.32 Å².